The number of hydrogen-bond donors (Lipinski definition) is 3. The van der Waals surface area contributed by atoms with Gasteiger partial charge in [-0.25, -0.2) is 0 Å². The summed E-state index contributed by atoms with van der Waals surface area (Å²) < 4.78 is 0. The minimum absolute atomic E-state index is 0.0414. The quantitative estimate of drug-likeness (QED) is 0.300. The van der Waals surface area contributed by atoms with Gasteiger partial charge >= 0.3 is 0 Å². The van der Waals surface area contributed by atoms with Crippen LogP contribution in [-0.2, 0) is 0 Å². The van der Waals surface area contributed by atoms with E-state index in [9.17, 15) is 9.59 Å². The van der Waals surface area contributed by atoms with Gasteiger partial charge < -0.3 is 15.6 Å². The molecule has 0 unspecified atom stereocenters. The summed E-state index contributed by atoms with van der Waals surface area (Å²) in [5, 5.41) is 16.1. The van der Waals surface area contributed by atoms with E-state index < -0.39 is 6.04 Å². The Morgan fingerprint density at radius 3 is 2.43 bits per heavy atom. The summed E-state index contributed by atoms with van der Waals surface area (Å²) >= 11 is 0. The van der Waals surface area contributed by atoms with Gasteiger partial charge in [-0.15, -0.1) is 0 Å². The van der Waals surface area contributed by atoms with Gasteiger partial charge in [0.25, 0.3) is 5.91 Å². The molecule has 1 heterocycles. The number of H-pyrrole nitrogens is 1. The van der Waals surface area contributed by atoms with Gasteiger partial charge in [-0.2, -0.15) is 5.26 Å². The highest BCUT2D eigenvalue weighted by Gasteiger charge is 2.25. The molecule has 0 aliphatic carbocycles. The van der Waals surface area contributed by atoms with Crippen molar-refractivity contribution in [3.05, 3.63) is 107 Å². The van der Waals surface area contributed by atoms with E-state index in [2.05, 4.69) is 28.6 Å². The Labute approximate surface area is 205 Å². The molecular formula is C29H28N4O2. The Morgan fingerprint density at radius 2 is 1.74 bits per heavy atom. The molecule has 0 aliphatic heterocycles. The molecule has 6 heteroatoms. The number of fused-ring (bicyclic) bond motifs is 1. The summed E-state index contributed by atoms with van der Waals surface area (Å²) in [6, 6.07) is 24.2. The fraction of sp³-hybridized carbons (Fsp3) is 0.207. The molecule has 1 amide bonds. The molecule has 0 aliphatic rings. The second kappa shape index (κ2) is 10.8. The van der Waals surface area contributed by atoms with E-state index in [0.717, 1.165) is 22.0 Å². The van der Waals surface area contributed by atoms with Crippen LogP contribution in [0, 0.1) is 11.3 Å². The molecule has 2 atom stereocenters. The van der Waals surface area contributed by atoms with E-state index in [4.69, 9.17) is 5.26 Å². The van der Waals surface area contributed by atoms with Crippen LogP contribution in [0.3, 0.4) is 0 Å². The van der Waals surface area contributed by atoms with Crippen molar-refractivity contribution in [1.82, 2.24) is 15.6 Å². The van der Waals surface area contributed by atoms with E-state index in [1.807, 2.05) is 67.6 Å². The second-order valence-electron chi connectivity index (χ2n) is 8.57. The third-order valence-electron chi connectivity index (χ3n) is 6.18. The van der Waals surface area contributed by atoms with Crippen molar-refractivity contribution >= 4 is 22.6 Å². The first-order chi connectivity index (χ1) is 17.0. The first-order valence-electron chi connectivity index (χ1n) is 11.7. The van der Waals surface area contributed by atoms with Crippen LogP contribution in [0.25, 0.3) is 10.9 Å². The number of aromatic nitrogens is 1. The van der Waals surface area contributed by atoms with Crippen LogP contribution in [0.5, 0.6) is 0 Å². The molecule has 0 fully saturated rings. The second-order valence-corrected chi connectivity index (χ2v) is 8.57. The minimum atomic E-state index is -0.529. The molecule has 4 aromatic rings. The van der Waals surface area contributed by atoms with E-state index in [1.165, 1.54) is 0 Å². The van der Waals surface area contributed by atoms with Gasteiger partial charge in [-0.1, -0.05) is 55.5 Å². The predicted molar refractivity (Wildman–Crippen MR) is 137 cm³/mol. The number of nitriles is 1. The number of nitrogens with zero attached hydrogens (tertiary/aromatic N) is 1. The van der Waals surface area contributed by atoms with Crippen molar-refractivity contribution in [2.75, 3.05) is 13.1 Å². The summed E-state index contributed by atoms with van der Waals surface area (Å²) in [5.74, 6) is -0.0397. The molecule has 3 aromatic carbocycles. The highest BCUT2D eigenvalue weighted by Crippen LogP contribution is 2.26. The number of hydrogen-bond acceptors (Lipinski definition) is 4. The number of carbonyl (C=O) groups excluding carboxylic acids is 2. The normalized spacial score (nSPS) is 12.6. The van der Waals surface area contributed by atoms with E-state index in [1.54, 1.807) is 18.3 Å². The Balaban J connectivity index is 1.59. The Morgan fingerprint density at radius 1 is 1.00 bits per heavy atom. The molecule has 0 bridgehead atoms. The smallest absolute Gasteiger partial charge is 0.251 e. The average molecular weight is 465 g/mol. The highest BCUT2D eigenvalue weighted by atomic mass is 16.1. The number of amides is 1. The maximum absolute atomic E-state index is 13.8. The van der Waals surface area contributed by atoms with Crippen LogP contribution in [0.2, 0.25) is 0 Å². The molecule has 3 N–H and O–H groups in total. The number of aromatic amines is 1. The van der Waals surface area contributed by atoms with E-state index >= 15 is 0 Å². The Hall–Kier alpha value is -4.21. The van der Waals surface area contributed by atoms with Crippen molar-refractivity contribution in [1.29, 1.82) is 5.26 Å². The van der Waals surface area contributed by atoms with Crippen molar-refractivity contribution < 1.29 is 9.59 Å². The zero-order chi connectivity index (χ0) is 24.8. The lowest BCUT2D eigenvalue weighted by Crippen LogP contribution is -2.31. The van der Waals surface area contributed by atoms with Crippen molar-refractivity contribution in [2.24, 2.45) is 0 Å². The molecule has 4 rings (SSSR count). The zero-order valence-corrected chi connectivity index (χ0v) is 19.8. The summed E-state index contributed by atoms with van der Waals surface area (Å²) in [6.45, 7) is 5.10. The number of benzene rings is 3. The first-order valence-corrected chi connectivity index (χ1v) is 11.7. The first kappa shape index (κ1) is 23.9. The molecular weight excluding hydrogens is 436 g/mol. The van der Waals surface area contributed by atoms with Crippen LogP contribution >= 0.6 is 0 Å². The van der Waals surface area contributed by atoms with Gasteiger partial charge in [0.05, 0.1) is 17.7 Å². The third-order valence-corrected chi connectivity index (χ3v) is 6.18. The van der Waals surface area contributed by atoms with E-state index in [-0.39, 0.29) is 17.6 Å². The Kier molecular flexibility index (Phi) is 7.39. The summed E-state index contributed by atoms with van der Waals surface area (Å²) in [4.78, 5) is 29.1. The van der Waals surface area contributed by atoms with Gasteiger partial charge in [0, 0.05) is 41.3 Å². The van der Waals surface area contributed by atoms with Crippen LogP contribution in [0.15, 0.2) is 79.0 Å². The fourth-order valence-corrected chi connectivity index (χ4v) is 4.20. The number of carbonyl (C=O) groups is 2. The minimum Gasteiger partial charge on any atom is -0.360 e. The molecule has 0 saturated heterocycles. The molecule has 0 radical (unpaired) electrons. The zero-order valence-electron chi connectivity index (χ0n) is 19.8. The monoisotopic (exact) mass is 464 g/mol. The largest absolute Gasteiger partial charge is 0.360 e. The number of nitrogens with one attached hydrogen (secondary N) is 3. The van der Waals surface area contributed by atoms with Crippen molar-refractivity contribution in [2.45, 2.75) is 25.8 Å². The van der Waals surface area contributed by atoms with Crippen molar-refractivity contribution in [3.63, 3.8) is 0 Å². The number of rotatable bonds is 9. The summed E-state index contributed by atoms with van der Waals surface area (Å²) in [5.41, 5.74) is 4.48. The number of ketones is 1. The van der Waals surface area contributed by atoms with E-state index in [0.29, 0.717) is 29.8 Å². The fourth-order valence-electron chi connectivity index (χ4n) is 4.20. The van der Waals surface area contributed by atoms with Gasteiger partial charge in [0.15, 0.2) is 5.78 Å². The Bertz CT molecular complexity index is 1370. The van der Waals surface area contributed by atoms with Crippen LogP contribution in [0.1, 0.15) is 63.2 Å². The molecule has 176 valence electrons. The SMILES string of the molecule is CCNC(=O)c1ccc2c(C(=O)[C@H](NC[C@H](C)c3ccc(C#N)cc3)c3ccccc3)c[nH]c2c1. The maximum atomic E-state index is 13.8. The molecule has 0 saturated carbocycles. The maximum Gasteiger partial charge on any atom is 0.251 e. The van der Waals surface area contributed by atoms with Crippen molar-refractivity contribution in [3.8, 4) is 6.07 Å². The summed E-state index contributed by atoms with van der Waals surface area (Å²) in [6.07, 6.45) is 1.72. The topological polar surface area (TPSA) is 97.8 Å². The third kappa shape index (κ3) is 5.32. The van der Waals surface area contributed by atoms with Gasteiger partial charge in [-0.3, -0.25) is 9.59 Å². The lowest BCUT2D eigenvalue weighted by molar-refractivity contribution is 0.0940. The lowest BCUT2D eigenvalue weighted by atomic mass is 9.95. The number of Topliss-reactive ketones (excluding diaryl/α,β-unsaturated/α-hetero) is 1. The lowest BCUT2D eigenvalue weighted by Gasteiger charge is -2.21. The summed E-state index contributed by atoms with van der Waals surface area (Å²) in [7, 11) is 0. The molecule has 0 spiro atoms. The van der Waals surface area contributed by atoms with Gasteiger partial charge in [-0.05, 0) is 48.2 Å². The van der Waals surface area contributed by atoms with Crippen LogP contribution < -0.4 is 10.6 Å². The highest BCUT2D eigenvalue weighted by molar-refractivity contribution is 6.11. The average Bonchev–Trinajstić information content (AvgIpc) is 3.32. The van der Waals surface area contributed by atoms with Crippen LogP contribution in [0.4, 0.5) is 0 Å². The van der Waals surface area contributed by atoms with Crippen LogP contribution in [-0.4, -0.2) is 29.8 Å². The molecule has 1 aromatic heterocycles. The predicted octanol–water partition coefficient (Wildman–Crippen LogP) is 5.11. The molecule has 6 nitrogen and oxygen atoms in total. The van der Waals surface area contributed by atoms with Gasteiger partial charge in [0.2, 0.25) is 0 Å². The van der Waals surface area contributed by atoms with Gasteiger partial charge in [0.1, 0.15) is 0 Å². The standard InChI is InChI=1S/C29H28N4O2/c1-3-31-29(35)23-13-14-24-25(18-32-26(24)15-23)28(34)27(22-7-5-4-6-8-22)33-17-19(2)21-11-9-20(16-30)10-12-21/h4-15,18-19,27,32-33H,3,17H2,1-2H3,(H,31,35)/t19-,27+/m0/s1. The molecule has 35 heavy (non-hydrogen) atoms.